The number of amides is 1. The van der Waals surface area contributed by atoms with Gasteiger partial charge in [0.25, 0.3) is 5.91 Å². The molecule has 5 rings (SSSR count). The molecule has 1 aliphatic rings. The van der Waals surface area contributed by atoms with Gasteiger partial charge in [0.2, 0.25) is 0 Å². The van der Waals surface area contributed by atoms with E-state index in [0.29, 0.717) is 25.1 Å². The number of phenols is 1. The van der Waals surface area contributed by atoms with Crippen LogP contribution in [0.25, 0.3) is 22.4 Å². The van der Waals surface area contributed by atoms with Gasteiger partial charge in [-0.25, -0.2) is 0 Å². The quantitative estimate of drug-likeness (QED) is 0.531. The van der Waals surface area contributed by atoms with Crippen LogP contribution in [0.15, 0.2) is 78.9 Å². The van der Waals surface area contributed by atoms with E-state index in [0.717, 1.165) is 28.1 Å². The number of rotatable bonds is 3. The highest BCUT2D eigenvalue weighted by Gasteiger charge is 2.27. The van der Waals surface area contributed by atoms with Gasteiger partial charge in [0.15, 0.2) is 0 Å². The van der Waals surface area contributed by atoms with Crippen LogP contribution in [0.2, 0.25) is 0 Å². The predicted molar refractivity (Wildman–Crippen MR) is 116 cm³/mol. The molecule has 0 fully saturated rings. The van der Waals surface area contributed by atoms with Crippen molar-refractivity contribution < 1.29 is 9.90 Å². The molecule has 4 aromatic rings. The highest BCUT2D eigenvalue weighted by Crippen LogP contribution is 2.31. The second-order valence-corrected chi connectivity index (χ2v) is 7.47. The number of nitrogens with zero attached hydrogens (tertiary/aromatic N) is 2. The van der Waals surface area contributed by atoms with E-state index in [9.17, 15) is 9.90 Å². The first-order valence-electron chi connectivity index (χ1n) is 10.00. The fourth-order valence-electron chi connectivity index (χ4n) is 3.98. The summed E-state index contributed by atoms with van der Waals surface area (Å²) in [6.07, 6.45) is 0.712. The predicted octanol–water partition coefficient (Wildman–Crippen LogP) is 4.65. The fraction of sp³-hybridized carbons (Fsp3) is 0.120. The molecule has 1 aliphatic heterocycles. The molecule has 0 unspecified atom stereocenters. The zero-order valence-electron chi connectivity index (χ0n) is 16.4. The minimum Gasteiger partial charge on any atom is -0.507 e. The summed E-state index contributed by atoms with van der Waals surface area (Å²) < 4.78 is 0. The number of carbonyl (C=O) groups excluding carboxylic acids is 1. The number of aromatic nitrogens is 2. The third kappa shape index (κ3) is 3.24. The first kappa shape index (κ1) is 18.2. The highest BCUT2D eigenvalue weighted by atomic mass is 16.3. The van der Waals surface area contributed by atoms with Gasteiger partial charge in [-0.1, -0.05) is 66.7 Å². The van der Waals surface area contributed by atoms with Crippen molar-refractivity contribution in [2.45, 2.75) is 13.0 Å². The number of para-hydroxylation sites is 1. The van der Waals surface area contributed by atoms with Gasteiger partial charge in [-0.15, -0.1) is 0 Å². The number of hydrogen-bond donors (Lipinski definition) is 2. The van der Waals surface area contributed by atoms with Crippen LogP contribution in [-0.4, -0.2) is 32.7 Å². The van der Waals surface area contributed by atoms with E-state index in [2.05, 4.69) is 46.6 Å². The van der Waals surface area contributed by atoms with Crippen LogP contribution in [0, 0.1) is 0 Å². The number of phenolic OH excluding ortho intramolecular Hbond substituents is 1. The Morgan fingerprint density at radius 1 is 0.867 bits per heavy atom. The molecule has 3 aromatic carbocycles. The summed E-state index contributed by atoms with van der Waals surface area (Å²) in [5.74, 6) is -0.150. The monoisotopic (exact) mass is 395 g/mol. The van der Waals surface area contributed by atoms with Crippen LogP contribution in [0.4, 0.5) is 0 Å². The third-order valence-electron chi connectivity index (χ3n) is 5.62. The number of benzene rings is 3. The topological polar surface area (TPSA) is 69.2 Å². The lowest BCUT2D eigenvalue weighted by atomic mass is 9.98. The summed E-state index contributed by atoms with van der Waals surface area (Å²) in [6, 6.07) is 25.3. The molecule has 0 bridgehead atoms. The van der Waals surface area contributed by atoms with E-state index in [4.69, 9.17) is 0 Å². The molecule has 0 atom stereocenters. The lowest BCUT2D eigenvalue weighted by molar-refractivity contribution is 0.0731. The maximum atomic E-state index is 12.9. The highest BCUT2D eigenvalue weighted by molar-refractivity contribution is 5.97. The number of aromatic hydroxyl groups is 1. The normalized spacial score (nSPS) is 13.1. The van der Waals surface area contributed by atoms with Gasteiger partial charge in [0.05, 0.1) is 11.3 Å². The van der Waals surface area contributed by atoms with Crippen LogP contribution >= 0.6 is 0 Å². The van der Waals surface area contributed by atoms with Gasteiger partial charge in [0.1, 0.15) is 5.75 Å². The average molecular weight is 395 g/mol. The van der Waals surface area contributed by atoms with E-state index in [-0.39, 0.29) is 11.7 Å². The van der Waals surface area contributed by atoms with Crippen LogP contribution in [0.1, 0.15) is 21.6 Å². The number of nitrogens with one attached hydrogen (secondary N) is 1. The molecule has 2 heterocycles. The SMILES string of the molecule is O=C(c1ccccc1O)N1CCc2[nH]nc(-c3ccc(-c4ccccc4)cc3)c2C1. The van der Waals surface area contributed by atoms with Crippen molar-refractivity contribution in [1.82, 2.24) is 15.1 Å². The summed E-state index contributed by atoms with van der Waals surface area (Å²) in [4.78, 5) is 14.7. The van der Waals surface area contributed by atoms with Crippen LogP contribution in [0.3, 0.4) is 0 Å². The second kappa shape index (κ2) is 7.52. The molecule has 30 heavy (non-hydrogen) atoms. The summed E-state index contributed by atoms with van der Waals surface area (Å²) in [6.45, 7) is 1.06. The average Bonchev–Trinajstić information content (AvgIpc) is 3.23. The Kier molecular flexibility index (Phi) is 4.56. The molecule has 2 N–H and O–H groups in total. The first-order chi connectivity index (χ1) is 14.7. The fourth-order valence-corrected chi connectivity index (χ4v) is 3.98. The van der Waals surface area contributed by atoms with Crippen molar-refractivity contribution >= 4 is 5.91 Å². The lowest BCUT2D eigenvalue weighted by Gasteiger charge is -2.27. The summed E-state index contributed by atoms with van der Waals surface area (Å²) in [5.41, 5.74) is 6.66. The van der Waals surface area contributed by atoms with Crippen molar-refractivity contribution in [1.29, 1.82) is 0 Å². The molecule has 0 spiro atoms. The minimum absolute atomic E-state index is 0.0113. The van der Waals surface area contributed by atoms with Crippen LogP contribution < -0.4 is 0 Å². The number of carbonyl (C=O) groups is 1. The Labute approximate surface area is 174 Å². The minimum atomic E-state index is -0.162. The summed E-state index contributed by atoms with van der Waals surface area (Å²) in [5, 5.41) is 17.7. The summed E-state index contributed by atoms with van der Waals surface area (Å²) >= 11 is 0. The molecule has 5 heteroatoms. The molecule has 0 saturated heterocycles. The third-order valence-corrected chi connectivity index (χ3v) is 5.62. The van der Waals surface area contributed by atoms with Crippen molar-refractivity contribution in [3.05, 3.63) is 95.7 Å². The standard InChI is InChI=1S/C25H21N3O2/c29-23-9-5-4-8-20(23)25(30)28-15-14-22-21(16-28)24(27-26-22)19-12-10-18(11-13-19)17-6-2-1-3-7-17/h1-13,29H,14-16H2,(H,26,27). The molecular formula is C25H21N3O2. The Balaban J connectivity index is 1.42. The number of H-pyrrole nitrogens is 1. The van der Waals surface area contributed by atoms with Crippen molar-refractivity contribution in [2.24, 2.45) is 0 Å². The maximum absolute atomic E-state index is 12.9. The van der Waals surface area contributed by atoms with Crippen molar-refractivity contribution in [3.8, 4) is 28.1 Å². The van der Waals surface area contributed by atoms with Gasteiger partial charge >= 0.3 is 0 Å². The van der Waals surface area contributed by atoms with Gasteiger partial charge in [-0.2, -0.15) is 5.10 Å². The van der Waals surface area contributed by atoms with Crippen molar-refractivity contribution in [2.75, 3.05) is 6.54 Å². The van der Waals surface area contributed by atoms with E-state index < -0.39 is 0 Å². The maximum Gasteiger partial charge on any atom is 0.257 e. The molecule has 1 aromatic heterocycles. The van der Waals surface area contributed by atoms with Crippen LogP contribution in [-0.2, 0) is 13.0 Å². The lowest BCUT2D eigenvalue weighted by Crippen LogP contribution is -2.36. The summed E-state index contributed by atoms with van der Waals surface area (Å²) in [7, 11) is 0. The van der Waals surface area contributed by atoms with Gasteiger partial charge in [-0.3, -0.25) is 9.89 Å². The molecule has 0 aliphatic carbocycles. The molecule has 1 amide bonds. The Morgan fingerprint density at radius 3 is 2.30 bits per heavy atom. The smallest absolute Gasteiger partial charge is 0.257 e. The van der Waals surface area contributed by atoms with E-state index in [1.165, 1.54) is 5.56 Å². The van der Waals surface area contributed by atoms with Gasteiger partial charge in [-0.05, 0) is 23.3 Å². The van der Waals surface area contributed by atoms with E-state index >= 15 is 0 Å². The number of fused-ring (bicyclic) bond motifs is 1. The second-order valence-electron chi connectivity index (χ2n) is 7.47. The molecular weight excluding hydrogens is 374 g/mol. The van der Waals surface area contributed by atoms with Gasteiger partial charge in [0, 0.05) is 36.3 Å². The zero-order chi connectivity index (χ0) is 20.5. The largest absolute Gasteiger partial charge is 0.507 e. The van der Waals surface area contributed by atoms with Crippen molar-refractivity contribution in [3.63, 3.8) is 0 Å². The molecule has 0 saturated carbocycles. The number of aromatic amines is 1. The van der Waals surface area contributed by atoms with E-state index in [1.807, 2.05) is 18.2 Å². The van der Waals surface area contributed by atoms with Crippen LogP contribution in [0.5, 0.6) is 5.75 Å². The Bertz CT molecular complexity index is 1200. The molecule has 148 valence electrons. The first-order valence-corrected chi connectivity index (χ1v) is 10.00. The van der Waals surface area contributed by atoms with Gasteiger partial charge < -0.3 is 10.0 Å². The molecule has 0 radical (unpaired) electrons. The Morgan fingerprint density at radius 2 is 1.53 bits per heavy atom. The van der Waals surface area contributed by atoms with E-state index in [1.54, 1.807) is 29.2 Å². The zero-order valence-corrected chi connectivity index (χ0v) is 16.4. The number of hydrogen-bond acceptors (Lipinski definition) is 3. The molecule has 5 nitrogen and oxygen atoms in total. The Hall–Kier alpha value is -3.86.